The maximum absolute atomic E-state index is 13.4. The lowest BCUT2D eigenvalue weighted by molar-refractivity contribution is -0.115. The van der Waals surface area contributed by atoms with Crippen LogP contribution >= 0.6 is 0 Å². The average molecular weight is 408 g/mol. The normalized spacial score (nSPS) is 13.5. The van der Waals surface area contributed by atoms with Crippen molar-refractivity contribution in [1.29, 1.82) is 0 Å². The van der Waals surface area contributed by atoms with Gasteiger partial charge in [-0.15, -0.1) is 0 Å². The second kappa shape index (κ2) is 7.08. The van der Waals surface area contributed by atoms with Crippen molar-refractivity contribution in [1.82, 2.24) is 18.7 Å². The minimum atomic E-state index is -0.431. The number of carbonyl (C=O) groups excluding carboxylic acids is 1. The molecular weight excluding hydrogens is 384 g/mol. The number of hydrogen-bond donors (Lipinski definition) is 0. The highest BCUT2D eigenvalue weighted by Crippen LogP contribution is 2.23. The van der Waals surface area contributed by atoms with E-state index in [9.17, 15) is 14.4 Å². The highest BCUT2D eigenvalue weighted by Gasteiger charge is 2.27. The van der Waals surface area contributed by atoms with Crippen LogP contribution in [0.15, 0.2) is 32.9 Å². The average Bonchev–Trinajstić information content (AvgIpc) is 3.05. The standard InChI is InChI=1S/C21H24N6O3/c1-12-6-7-13(2)16(8-12)11-26-19(29)17-18(24(5)21(26)30)22-20-25(17)9-14(3)23-27(20)10-15(4)28/h6-8H,9-11H2,1-5H3. The van der Waals surface area contributed by atoms with Gasteiger partial charge in [-0.25, -0.2) is 9.80 Å². The smallest absolute Gasteiger partial charge is 0.298 e. The van der Waals surface area contributed by atoms with Gasteiger partial charge in [-0.05, 0) is 38.8 Å². The number of aromatic nitrogens is 4. The zero-order chi connectivity index (χ0) is 21.7. The van der Waals surface area contributed by atoms with E-state index >= 15 is 0 Å². The van der Waals surface area contributed by atoms with Gasteiger partial charge in [0.25, 0.3) is 5.56 Å². The molecule has 9 nitrogen and oxygen atoms in total. The summed E-state index contributed by atoms with van der Waals surface area (Å²) in [5, 5.41) is 5.89. The maximum Gasteiger partial charge on any atom is 0.332 e. The number of aryl methyl sites for hydroxylation is 3. The fourth-order valence-electron chi connectivity index (χ4n) is 3.82. The fourth-order valence-corrected chi connectivity index (χ4v) is 3.82. The van der Waals surface area contributed by atoms with Crippen molar-refractivity contribution in [3.63, 3.8) is 0 Å². The quantitative estimate of drug-likeness (QED) is 0.649. The summed E-state index contributed by atoms with van der Waals surface area (Å²) in [4.78, 5) is 42.6. The second-order valence-corrected chi connectivity index (χ2v) is 7.93. The van der Waals surface area contributed by atoms with Gasteiger partial charge in [-0.2, -0.15) is 10.1 Å². The molecule has 4 rings (SSSR count). The summed E-state index contributed by atoms with van der Waals surface area (Å²) >= 11 is 0. The number of ketones is 1. The highest BCUT2D eigenvalue weighted by molar-refractivity contribution is 5.89. The van der Waals surface area contributed by atoms with Gasteiger partial charge >= 0.3 is 5.69 Å². The molecule has 0 radical (unpaired) electrons. The van der Waals surface area contributed by atoms with Gasteiger partial charge in [0.05, 0.1) is 18.8 Å². The van der Waals surface area contributed by atoms with Crippen molar-refractivity contribution < 1.29 is 4.79 Å². The molecule has 1 aliphatic rings. The lowest BCUT2D eigenvalue weighted by Crippen LogP contribution is -2.40. The number of hydrazone groups is 1. The Morgan fingerprint density at radius 3 is 2.60 bits per heavy atom. The molecule has 3 aromatic rings. The number of rotatable bonds is 4. The number of benzene rings is 1. The molecule has 1 aromatic carbocycles. The molecule has 0 saturated carbocycles. The molecule has 0 saturated heterocycles. The van der Waals surface area contributed by atoms with Crippen molar-refractivity contribution in [3.8, 4) is 0 Å². The first-order valence-electron chi connectivity index (χ1n) is 9.74. The molecule has 0 N–H and O–H groups in total. The Hall–Kier alpha value is -3.49. The zero-order valence-electron chi connectivity index (χ0n) is 17.8. The second-order valence-electron chi connectivity index (χ2n) is 7.93. The first kappa shape index (κ1) is 19.8. The first-order valence-corrected chi connectivity index (χ1v) is 9.74. The number of nitrogens with zero attached hydrogens (tertiary/aromatic N) is 6. The van der Waals surface area contributed by atoms with Crippen LogP contribution in [-0.2, 0) is 24.9 Å². The van der Waals surface area contributed by atoms with Crippen molar-refractivity contribution in [2.75, 3.05) is 11.6 Å². The van der Waals surface area contributed by atoms with E-state index in [-0.39, 0.29) is 24.5 Å². The third-order valence-corrected chi connectivity index (χ3v) is 5.33. The van der Waals surface area contributed by atoms with E-state index in [0.29, 0.717) is 18.0 Å². The lowest BCUT2D eigenvalue weighted by Gasteiger charge is -2.23. The van der Waals surface area contributed by atoms with Crippen LogP contribution in [0.3, 0.4) is 0 Å². The van der Waals surface area contributed by atoms with Crippen LogP contribution in [-0.4, -0.2) is 36.7 Å². The van der Waals surface area contributed by atoms with Crippen LogP contribution < -0.4 is 16.3 Å². The molecule has 156 valence electrons. The summed E-state index contributed by atoms with van der Waals surface area (Å²) in [5.74, 6) is 0.315. The molecule has 0 aliphatic carbocycles. The Kier molecular flexibility index (Phi) is 4.68. The number of fused-ring (bicyclic) bond motifs is 3. The molecule has 30 heavy (non-hydrogen) atoms. The summed E-state index contributed by atoms with van der Waals surface area (Å²) in [5.41, 5.74) is 3.54. The number of hydrogen-bond acceptors (Lipinski definition) is 6. The number of anilines is 1. The van der Waals surface area contributed by atoms with E-state index in [1.165, 1.54) is 21.1 Å². The largest absolute Gasteiger partial charge is 0.332 e. The molecule has 0 fully saturated rings. The molecule has 9 heteroatoms. The van der Waals surface area contributed by atoms with Gasteiger partial charge in [-0.1, -0.05) is 23.8 Å². The SMILES string of the molecule is CC(=O)CN1N=C(C)Cn2c1nc1c2c(=O)n(Cc2cc(C)ccc2C)c(=O)n1C. The molecule has 3 heterocycles. The molecule has 2 aromatic heterocycles. The summed E-state index contributed by atoms with van der Waals surface area (Å²) in [6.45, 7) is 7.84. The monoisotopic (exact) mass is 408 g/mol. The van der Waals surface area contributed by atoms with Crippen molar-refractivity contribution in [3.05, 3.63) is 55.7 Å². The predicted octanol–water partition coefficient (Wildman–Crippen LogP) is 1.35. The van der Waals surface area contributed by atoms with E-state index in [1.807, 2.05) is 39.0 Å². The Labute approximate surface area is 172 Å². The maximum atomic E-state index is 13.4. The minimum Gasteiger partial charge on any atom is -0.298 e. The number of Topliss-reactive ketones (excluding diaryl/α,β-unsaturated/α-hetero) is 1. The Bertz CT molecular complexity index is 1340. The predicted molar refractivity (Wildman–Crippen MR) is 115 cm³/mol. The van der Waals surface area contributed by atoms with Crippen molar-refractivity contribution in [2.24, 2.45) is 12.1 Å². The lowest BCUT2D eigenvalue weighted by atomic mass is 10.1. The van der Waals surface area contributed by atoms with Gasteiger partial charge in [0.2, 0.25) is 5.95 Å². The van der Waals surface area contributed by atoms with Gasteiger partial charge < -0.3 is 0 Å². The third-order valence-electron chi connectivity index (χ3n) is 5.33. The van der Waals surface area contributed by atoms with Crippen LogP contribution in [0.25, 0.3) is 11.2 Å². The first-order chi connectivity index (χ1) is 14.2. The van der Waals surface area contributed by atoms with Crippen LogP contribution in [0.2, 0.25) is 0 Å². The van der Waals surface area contributed by atoms with Crippen LogP contribution in [0.5, 0.6) is 0 Å². The number of imidazole rings is 1. The molecular formula is C21H24N6O3. The molecule has 1 aliphatic heterocycles. The van der Waals surface area contributed by atoms with Crippen molar-refractivity contribution >= 4 is 28.6 Å². The van der Waals surface area contributed by atoms with E-state index in [1.54, 1.807) is 11.6 Å². The Balaban J connectivity index is 1.95. The van der Waals surface area contributed by atoms with Crippen molar-refractivity contribution in [2.45, 2.75) is 40.8 Å². The summed E-state index contributed by atoms with van der Waals surface area (Å²) in [7, 11) is 1.60. The topological polar surface area (TPSA) is 94.5 Å². The van der Waals surface area contributed by atoms with E-state index in [2.05, 4.69) is 10.1 Å². The summed E-state index contributed by atoms with van der Waals surface area (Å²) in [6.07, 6.45) is 0. The Morgan fingerprint density at radius 1 is 1.17 bits per heavy atom. The fraction of sp³-hybridized carbons (Fsp3) is 0.381. The minimum absolute atomic E-state index is 0.0469. The van der Waals surface area contributed by atoms with Gasteiger partial charge in [-0.3, -0.25) is 23.3 Å². The van der Waals surface area contributed by atoms with E-state index in [0.717, 1.165) is 22.4 Å². The van der Waals surface area contributed by atoms with Crippen LogP contribution in [0.1, 0.15) is 30.5 Å². The van der Waals surface area contributed by atoms with Gasteiger partial charge in [0, 0.05) is 7.05 Å². The molecule has 0 unspecified atom stereocenters. The third kappa shape index (κ3) is 3.16. The summed E-state index contributed by atoms with van der Waals surface area (Å²) in [6, 6.07) is 5.98. The zero-order valence-corrected chi connectivity index (χ0v) is 17.8. The number of carbonyl (C=O) groups is 1. The Morgan fingerprint density at radius 2 is 1.90 bits per heavy atom. The molecule has 0 spiro atoms. The molecule has 0 amide bonds. The van der Waals surface area contributed by atoms with Gasteiger partial charge in [0.15, 0.2) is 16.9 Å². The van der Waals surface area contributed by atoms with E-state index < -0.39 is 11.2 Å². The van der Waals surface area contributed by atoms with Gasteiger partial charge in [0.1, 0.15) is 6.54 Å². The van der Waals surface area contributed by atoms with Crippen LogP contribution in [0.4, 0.5) is 5.95 Å². The van der Waals surface area contributed by atoms with E-state index in [4.69, 9.17) is 0 Å². The molecule has 0 atom stereocenters. The molecule has 0 bridgehead atoms. The van der Waals surface area contributed by atoms with Crippen LogP contribution in [0, 0.1) is 13.8 Å². The summed E-state index contributed by atoms with van der Waals surface area (Å²) < 4.78 is 4.37. The highest BCUT2D eigenvalue weighted by atomic mass is 16.2.